The molecule has 0 spiro atoms. The molecule has 1 heterocycles. The van der Waals surface area contributed by atoms with Gasteiger partial charge in [-0.3, -0.25) is 0 Å². The summed E-state index contributed by atoms with van der Waals surface area (Å²) in [4.78, 5) is 4.17. The molecule has 0 atom stereocenters. The van der Waals surface area contributed by atoms with Gasteiger partial charge in [-0.15, -0.1) is 0 Å². The predicted molar refractivity (Wildman–Crippen MR) is 64.2 cm³/mol. The number of pyridine rings is 1. The first-order valence-electron chi connectivity index (χ1n) is 5.76. The Morgan fingerprint density at radius 1 is 1.47 bits per heavy atom. The molecule has 0 aromatic carbocycles. The van der Waals surface area contributed by atoms with Crippen molar-refractivity contribution in [3.05, 3.63) is 18.3 Å². The smallest absolute Gasteiger partial charge is 0.127 e. The highest BCUT2D eigenvalue weighted by molar-refractivity contribution is 5.51. The molecule has 2 rings (SSSR count). The van der Waals surface area contributed by atoms with E-state index in [9.17, 15) is 0 Å². The number of nitrogens with zero attached hydrogens (tertiary/aromatic N) is 1. The summed E-state index contributed by atoms with van der Waals surface area (Å²) in [6.07, 6.45) is 7.41. The van der Waals surface area contributed by atoms with Crippen LogP contribution in [0.25, 0.3) is 0 Å². The van der Waals surface area contributed by atoms with Crippen LogP contribution in [0.5, 0.6) is 0 Å². The third-order valence-corrected chi connectivity index (χ3v) is 2.83. The van der Waals surface area contributed by atoms with Crippen LogP contribution in [0.15, 0.2) is 18.3 Å². The predicted octanol–water partition coefficient (Wildman–Crippen LogP) is 2.73. The summed E-state index contributed by atoms with van der Waals surface area (Å²) in [5, 5.41) is 6.46. The van der Waals surface area contributed by atoms with E-state index in [1.54, 1.807) is 0 Å². The van der Waals surface area contributed by atoms with Crippen LogP contribution in [0, 0.1) is 5.92 Å². The summed E-state index contributed by atoms with van der Waals surface area (Å²) in [6, 6.07) is 4.05. The molecule has 0 radical (unpaired) electrons. The van der Waals surface area contributed by atoms with E-state index >= 15 is 0 Å². The fourth-order valence-corrected chi connectivity index (χ4v) is 1.71. The van der Waals surface area contributed by atoms with Crippen molar-refractivity contribution >= 4 is 11.5 Å². The molecule has 3 heteroatoms. The van der Waals surface area contributed by atoms with Crippen LogP contribution in [-0.2, 0) is 0 Å². The Bertz CT molecular complexity index is 307. The molecular weight excluding hydrogens is 186 g/mol. The Kier molecular flexibility index (Phi) is 3.43. The van der Waals surface area contributed by atoms with Gasteiger partial charge in [0.15, 0.2) is 0 Å². The Morgan fingerprint density at radius 3 is 3.07 bits per heavy atom. The highest BCUT2D eigenvalue weighted by atomic mass is 15.0. The maximum atomic E-state index is 4.17. The number of aromatic nitrogens is 1. The van der Waals surface area contributed by atoms with E-state index < -0.39 is 0 Å². The number of hydrogen-bond donors (Lipinski definition) is 2. The lowest BCUT2D eigenvalue weighted by Gasteiger charge is -2.07. The fraction of sp³-hybridized carbons (Fsp3) is 0.583. The van der Waals surface area contributed by atoms with Crippen LogP contribution in [0.2, 0.25) is 0 Å². The van der Waals surface area contributed by atoms with Gasteiger partial charge in [-0.1, -0.05) is 12.8 Å². The van der Waals surface area contributed by atoms with Crippen LogP contribution >= 0.6 is 0 Å². The third-order valence-electron chi connectivity index (χ3n) is 2.83. The van der Waals surface area contributed by atoms with Gasteiger partial charge in [0.25, 0.3) is 0 Å². The van der Waals surface area contributed by atoms with Crippen molar-refractivity contribution in [2.75, 3.05) is 24.2 Å². The molecule has 2 N–H and O–H groups in total. The zero-order valence-electron chi connectivity index (χ0n) is 9.29. The van der Waals surface area contributed by atoms with E-state index in [-0.39, 0.29) is 0 Å². The normalized spacial score (nSPS) is 15.0. The van der Waals surface area contributed by atoms with Crippen molar-refractivity contribution < 1.29 is 0 Å². The van der Waals surface area contributed by atoms with Gasteiger partial charge in [0, 0.05) is 31.5 Å². The van der Waals surface area contributed by atoms with Crippen molar-refractivity contribution in [1.82, 2.24) is 4.98 Å². The maximum Gasteiger partial charge on any atom is 0.127 e. The van der Waals surface area contributed by atoms with Gasteiger partial charge in [0.2, 0.25) is 0 Å². The maximum absolute atomic E-state index is 4.17. The van der Waals surface area contributed by atoms with Gasteiger partial charge < -0.3 is 10.6 Å². The van der Waals surface area contributed by atoms with E-state index in [0.29, 0.717) is 0 Å². The lowest BCUT2D eigenvalue weighted by Crippen LogP contribution is -2.02. The third kappa shape index (κ3) is 3.42. The SMILES string of the molecule is CNc1cc(NCCCC2CC2)ccn1. The standard InChI is InChI=1S/C12H19N3/c1-13-12-9-11(6-8-15-12)14-7-2-3-10-4-5-10/h6,8-10H,2-5,7H2,1H3,(H2,13,14,15). The topological polar surface area (TPSA) is 37.0 Å². The molecule has 15 heavy (non-hydrogen) atoms. The molecule has 1 saturated carbocycles. The van der Waals surface area contributed by atoms with Crippen LogP contribution < -0.4 is 10.6 Å². The molecule has 0 unspecified atom stereocenters. The molecule has 1 aromatic heterocycles. The summed E-state index contributed by atoms with van der Waals surface area (Å²) < 4.78 is 0. The zero-order valence-corrected chi connectivity index (χ0v) is 9.29. The van der Waals surface area contributed by atoms with Gasteiger partial charge in [-0.05, 0) is 24.8 Å². The Morgan fingerprint density at radius 2 is 2.33 bits per heavy atom. The monoisotopic (exact) mass is 205 g/mol. The molecule has 3 nitrogen and oxygen atoms in total. The number of hydrogen-bond acceptors (Lipinski definition) is 3. The number of anilines is 2. The van der Waals surface area contributed by atoms with E-state index in [2.05, 4.69) is 15.6 Å². The molecule has 0 aliphatic heterocycles. The highest BCUT2D eigenvalue weighted by Crippen LogP contribution is 2.33. The molecule has 1 aromatic rings. The van der Waals surface area contributed by atoms with Gasteiger partial charge in [-0.25, -0.2) is 4.98 Å². The second-order valence-electron chi connectivity index (χ2n) is 4.19. The Hall–Kier alpha value is -1.25. The van der Waals surface area contributed by atoms with Crippen molar-refractivity contribution in [3.8, 4) is 0 Å². The van der Waals surface area contributed by atoms with Gasteiger partial charge in [-0.2, -0.15) is 0 Å². The average Bonchev–Trinajstić information content (AvgIpc) is 3.09. The summed E-state index contributed by atoms with van der Waals surface area (Å²) >= 11 is 0. The lowest BCUT2D eigenvalue weighted by molar-refractivity contribution is 0.687. The van der Waals surface area contributed by atoms with Crippen LogP contribution in [-0.4, -0.2) is 18.6 Å². The summed E-state index contributed by atoms with van der Waals surface area (Å²) in [6.45, 7) is 1.07. The first kappa shape index (κ1) is 10.3. The minimum absolute atomic E-state index is 0.919. The molecule has 0 saturated heterocycles. The summed E-state index contributed by atoms with van der Waals surface area (Å²) in [5.74, 6) is 1.96. The van der Waals surface area contributed by atoms with E-state index in [1.165, 1.54) is 25.7 Å². The second-order valence-corrected chi connectivity index (χ2v) is 4.19. The van der Waals surface area contributed by atoms with E-state index in [1.807, 2.05) is 25.4 Å². The van der Waals surface area contributed by atoms with Crippen LogP contribution in [0.3, 0.4) is 0 Å². The Balaban J connectivity index is 1.71. The van der Waals surface area contributed by atoms with Crippen LogP contribution in [0.4, 0.5) is 11.5 Å². The quantitative estimate of drug-likeness (QED) is 0.701. The first-order chi connectivity index (χ1) is 7.38. The van der Waals surface area contributed by atoms with E-state index in [4.69, 9.17) is 0 Å². The first-order valence-corrected chi connectivity index (χ1v) is 5.76. The van der Waals surface area contributed by atoms with E-state index in [0.717, 1.165) is 24.0 Å². The highest BCUT2D eigenvalue weighted by Gasteiger charge is 2.19. The minimum atomic E-state index is 0.919. The molecule has 1 fully saturated rings. The van der Waals surface area contributed by atoms with Crippen molar-refractivity contribution in [2.24, 2.45) is 5.92 Å². The second kappa shape index (κ2) is 5.01. The molecule has 0 bridgehead atoms. The fourth-order valence-electron chi connectivity index (χ4n) is 1.71. The van der Waals surface area contributed by atoms with Crippen LogP contribution in [0.1, 0.15) is 25.7 Å². The minimum Gasteiger partial charge on any atom is -0.385 e. The number of rotatable bonds is 6. The molecule has 82 valence electrons. The average molecular weight is 205 g/mol. The molecule has 1 aliphatic rings. The molecule has 0 amide bonds. The molecular formula is C12H19N3. The Labute approximate surface area is 91.3 Å². The number of nitrogens with one attached hydrogen (secondary N) is 2. The van der Waals surface area contributed by atoms with Gasteiger partial charge in [0.05, 0.1) is 0 Å². The van der Waals surface area contributed by atoms with Crippen molar-refractivity contribution in [1.29, 1.82) is 0 Å². The van der Waals surface area contributed by atoms with Gasteiger partial charge in [0.1, 0.15) is 5.82 Å². The molecule has 1 aliphatic carbocycles. The van der Waals surface area contributed by atoms with Crippen molar-refractivity contribution in [2.45, 2.75) is 25.7 Å². The zero-order chi connectivity index (χ0) is 10.5. The van der Waals surface area contributed by atoms with Gasteiger partial charge >= 0.3 is 0 Å². The van der Waals surface area contributed by atoms with Crippen molar-refractivity contribution in [3.63, 3.8) is 0 Å². The summed E-state index contributed by atoms with van der Waals surface area (Å²) in [7, 11) is 1.89. The summed E-state index contributed by atoms with van der Waals surface area (Å²) in [5.41, 5.74) is 1.16. The lowest BCUT2D eigenvalue weighted by atomic mass is 10.2. The largest absolute Gasteiger partial charge is 0.385 e.